The van der Waals surface area contributed by atoms with Crippen molar-refractivity contribution in [1.82, 2.24) is 19.8 Å². The molecular formula is C27H28N4O4S. The third-order valence-corrected chi connectivity index (χ3v) is 6.95. The first-order valence-electron chi connectivity index (χ1n) is 11.6. The lowest BCUT2D eigenvalue weighted by molar-refractivity contribution is 0.245. The zero-order chi connectivity index (χ0) is 25.5. The number of methoxy groups -OCH3 is 1. The van der Waals surface area contributed by atoms with Crippen LogP contribution in [0.5, 0.6) is 5.75 Å². The Balaban J connectivity index is 1.65. The number of rotatable bonds is 9. The lowest BCUT2D eigenvalue weighted by atomic mass is 10.1. The minimum Gasteiger partial charge on any atom is -0.497 e. The predicted molar refractivity (Wildman–Crippen MR) is 140 cm³/mol. The standard InChI is InChI=1S/C27H28N4O4S/c1-3-4-18-28-27(32)30-36(33,34)24-16-12-22(13-17-24)31-26(21-8-6-5-7-9-21)19-25(29-31)20-10-14-23(35-2)15-11-20/h5-17,19H,3-4,18H2,1-2H3,(H2,28,30,32). The second-order valence-electron chi connectivity index (χ2n) is 8.13. The number of unbranched alkanes of at least 4 members (excludes halogenated alkanes) is 1. The summed E-state index contributed by atoms with van der Waals surface area (Å²) in [5.41, 5.74) is 4.18. The van der Waals surface area contributed by atoms with Crippen LogP contribution in [0.4, 0.5) is 4.79 Å². The highest BCUT2D eigenvalue weighted by molar-refractivity contribution is 7.90. The van der Waals surface area contributed by atoms with E-state index in [9.17, 15) is 13.2 Å². The lowest BCUT2D eigenvalue weighted by Crippen LogP contribution is -2.39. The van der Waals surface area contributed by atoms with Crippen molar-refractivity contribution >= 4 is 16.1 Å². The van der Waals surface area contributed by atoms with Gasteiger partial charge in [-0.2, -0.15) is 5.10 Å². The number of sulfonamides is 1. The number of urea groups is 1. The molecule has 0 fully saturated rings. The minimum atomic E-state index is -4.01. The molecule has 8 nitrogen and oxygen atoms in total. The maximum absolute atomic E-state index is 12.6. The van der Waals surface area contributed by atoms with E-state index in [0.29, 0.717) is 12.2 Å². The molecule has 186 valence electrons. The smallest absolute Gasteiger partial charge is 0.328 e. The Morgan fingerprint density at radius 2 is 1.64 bits per heavy atom. The molecule has 1 aromatic heterocycles. The Bertz CT molecular complexity index is 1420. The van der Waals surface area contributed by atoms with Crippen LogP contribution in [0, 0.1) is 0 Å². The normalized spacial score (nSPS) is 11.2. The van der Waals surface area contributed by atoms with Crippen LogP contribution in [0.15, 0.2) is 89.8 Å². The number of nitrogens with one attached hydrogen (secondary N) is 2. The van der Waals surface area contributed by atoms with Gasteiger partial charge in [0.25, 0.3) is 10.0 Å². The molecule has 0 aliphatic rings. The number of benzene rings is 3. The van der Waals surface area contributed by atoms with Gasteiger partial charge < -0.3 is 10.1 Å². The summed E-state index contributed by atoms with van der Waals surface area (Å²) in [7, 11) is -2.39. The summed E-state index contributed by atoms with van der Waals surface area (Å²) in [4.78, 5) is 11.9. The molecule has 36 heavy (non-hydrogen) atoms. The van der Waals surface area contributed by atoms with Crippen LogP contribution in [0.1, 0.15) is 19.8 Å². The van der Waals surface area contributed by atoms with Gasteiger partial charge in [0.1, 0.15) is 5.75 Å². The van der Waals surface area contributed by atoms with Crippen LogP contribution in [0.2, 0.25) is 0 Å². The monoisotopic (exact) mass is 504 g/mol. The van der Waals surface area contributed by atoms with E-state index >= 15 is 0 Å². The summed E-state index contributed by atoms with van der Waals surface area (Å²) >= 11 is 0. The van der Waals surface area contributed by atoms with Crippen LogP contribution in [0.3, 0.4) is 0 Å². The first-order valence-corrected chi connectivity index (χ1v) is 13.1. The molecule has 2 N–H and O–H groups in total. The van der Waals surface area contributed by atoms with Crippen molar-refractivity contribution in [2.45, 2.75) is 24.7 Å². The van der Waals surface area contributed by atoms with Crippen molar-refractivity contribution in [1.29, 1.82) is 0 Å². The van der Waals surface area contributed by atoms with E-state index in [1.165, 1.54) is 12.1 Å². The molecule has 0 bridgehead atoms. The Labute approximate surface area is 211 Å². The number of ether oxygens (including phenoxy) is 1. The maximum atomic E-state index is 12.6. The van der Waals surface area contributed by atoms with E-state index in [2.05, 4.69) is 10.0 Å². The average Bonchev–Trinajstić information content (AvgIpc) is 3.35. The first kappa shape index (κ1) is 25.0. The van der Waals surface area contributed by atoms with E-state index < -0.39 is 16.1 Å². The summed E-state index contributed by atoms with van der Waals surface area (Å²) in [5, 5.41) is 7.36. The third-order valence-electron chi connectivity index (χ3n) is 5.60. The SMILES string of the molecule is CCCCNC(=O)NS(=O)(=O)c1ccc(-n2nc(-c3ccc(OC)cc3)cc2-c2ccccc2)cc1. The van der Waals surface area contributed by atoms with Crippen LogP contribution in [-0.4, -0.2) is 37.9 Å². The summed E-state index contributed by atoms with van der Waals surface area (Å²) < 4.78 is 34.4. The molecule has 4 aromatic rings. The molecule has 0 saturated heterocycles. The van der Waals surface area contributed by atoms with Crippen molar-refractivity contribution in [3.8, 4) is 34.0 Å². The molecule has 0 aliphatic heterocycles. The summed E-state index contributed by atoms with van der Waals surface area (Å²) in [6.07, 6.45) is 1.67. The third kappa shape index (κ3) is 5.75. The minimum absolute atomic E-state index is 0.0133. The predicted octanol–water partition coefficient (Wildman–Crippen LogP) is 5.00. The number of amides is 2. The van der Waals surface area contributed by atoms with E-state index in [-0.39, 0.29) is 4.90 Å². The Kier molecular flexibility index (Phi) is 7.70. The molecule has 0 spiro atoms. The zero-order valence-electron chi connectivity index (χ0n) is 20.1. The molecule has 0 unspecified atom stereocenters. The van der Waals surface area contributed by atoms with Gasteiger partial charge in [-0.3, -0.25) is 0 Å². The molecule has 2 amide bonds. The number of aromatic nitrogens is 2. The Morgan fingerprint density at radius 1 is 0.944 bits per heavy atom. The fourth-order valence-corrected chi connectivity index (χ4v) is 4.59. The van der Waals surface area contributed by atoms with Crippen LogP contribution < -0.4 is 14.8 Å². The fraction of sp³-hybridized carbons (Fsp3) is 0.185. The molecule has 0 atom stereocenters. The highest BCUT2D eigenvalue weighted by Gasteiger charge is 2.19. The van der Waals surface area contributed by atoms with Gasteiger partial charge >= 0.3 is 6.03 Å². The number of carbonyl (C=O) groups excluding carboxylic acids is 1. The molecule has 3 aromatic carbocycles. The summed E-state index contributed by atoms with van der Waals surface area (Å²) in [6, 6.07) is 25.0. The van der Waals surface area contributed by atoms with Crippen molar-refractivity contribution in [2.24, 2.45) is 0 Å². The molecule has 1 heterocycles. The fourth-order valence-electron chi connectivity index (χ4n) is 3.66. The molecule has 0 aliphatic carbocycles. The topological polar surface area (TPSA) is 102 Å². The lowest BCUT2D eigenvalue weighted by Gasteiger charge is -2.10. The highest BCUT2D eigenvalue weighted by atomic mass is 32.2. The Morgan fingerprint density at radius 3 is 2.28 bits per heavy atom. The van der Waals surface area contributed by atoms with Gasteiger partial charge in [-0.15, -0.1) is 0 Å². The van der Waals surface area contributed by atoms with Gasteiger partial charge in [0.05, 0.1) is 29.1 Å². The molecule has 0 saturated carbocycles. The van der Waals surface area contributed by atoms with E-state index in [1.54, 1.807) is 23.9 Å². The van der Waals surface area contributed by atoms with Crippen LogP contribution in [0.25, 0.3) is 28.2 Å². The van der Waals surface area contributed by atoms with Gasteiger partial charge in [-0.25, -0.2) is 22.6 Å². The van der Waals surface area contributed by atoms with Crippen molar-refractivity contribution in [3.63, 3.8) is 0 Å². The molecular weight excluding hydrogens is 476 g/mol. The number of carbonyl (C=O) groups is 1. The summed E-state index contributed by atoms with van der Waals surface area (Å²) in [6.45, 7) is 2.40. The molecule has 4 rings (SSSR count). The van der Waals surface area contributed by atoms with Gasteiger partial charge in [0, 0.05) is 17.7 Å². The van der Waals surface area contributed by atoms with Gasteiger partial charge in [0.2, 0.25) is 0 Å². The van der Waals surface area contributed by atoms with Crippen LogP contribution >= 0.6 is 0 Å². The van der Waals surface area contributed by atoms with Crippen molar-refractivity contribution in [3.05, 3.63) is 84.9 Å². The largest absolute Gasteiger partial charge is 0.497 e. The van der Waals surface area contributed by atoms with Crippen molar-refractivity contribution in [2.75, 3.05) is 13.7 Å². The van der Waals surface area contributed by atoms with Gasteiger partial charge in [-0.05, 0) is 61.0 Å². The number of hydrogen-bond donors (Lipinski definition) is 2. The highest BCUT2D eigenvalue weighted by Crippen LogP contribution is 2.30. The second kappa shape index (κ2) is 11.1. The van der Waals surface area contributed by atoms with Crippen molar-refractivity contribution < 1.29 is 17.9 Å². The van der Waals surface area contributed by atoms with Crippen LogP contribution in [-0.2, 0) is 10.0 Å². The zero-order valence-corrected chi connectivity index (χ0v) is 21.0. The maximum Gasteiger partial charge on any atom is 0.328 e. The molecule has 9 heteroatoms. The Hall–Kier alpha value is -4.11. The number of hydrogen-bond acceptors (Lipinski definition) is 5. The number of nitrogens with zero attached hydrogens (tertiary/aromatic N) is 2. The van der Waals surface area contributed by atoms with E-state index in [0.717, 1.165) is 41.1 Å². The van der Waals surface area contributed by atoms with Gasteiger partial charge in [0.15, 0.2) is 0 Å². The van der Waals surface area contributed by atoms with Gasteiger partial charge in [-0.1, -0.05) is 43.7 Å². The summed E-state index contributed by atoms with van der Waals surface area (Å²) in [5.74, 6) is 0.755. The molecule has 0 radical (unpaired) electrons. The first-order chi connectivity index (χ1) is 17.4. The average molecular weight is 505 g/mol. The van der Waals surface area contributed by atoms with E-state index in [4.69, 9.17) is 9.84 Å². The second-order valence-corrected chi connectivity index (χ2v) is 9.81. The van der Waals surface area contributed by atoms with E-state index in [1.807, 2.05) is 67.6 Å². The quantitative estimate of drug-likeness (QED) is 0.312.